The summed E-state index contributed by atoms with van der Waals surface area (Å²) in [5, 5.41) is 13.6. The Hall–Kier alpha value is -3.00. The Kier molecular flexibility index (Phi) is 6.46. The molecule has 0 saturated carbocycles. The van der Waals surface area contributed by atoms with Crippen molar-refractivity contribution in [2.24, 2.45) is 0 Å². The molecule has 0 heterocycles. The Bertz CT molecular complexity index is 966. The minimum Gasteiger partial charge on any atom is -0.346 e. The van der Waals surface area contributed by atoms with Crippen LogP contribution in [0.5, 0.6) is 0 Å². The summed E-state index contributed by atoms with van der Waals surface area (Å²) in [6.45, 7) is 1.90. The quantitative estimate of drug-likeness (QED) is 0.445. The SMILES string of the molecule is CCC(NC(=O)/C=C/c1cccc([N+](=O)[O-])c1)c1ccc(S(C)(=O)=O)cc1. The van der Waals surface area contributed by atoms with Crippen LogP contribution in [0.4, 0.5) is 5.69 Å². The van der Waals surface area contributed by atoms with Crippen LogP contribution in [0.3, 0.4) is 0 Å². The van der Waals surface area contributed by atoms with Gasteiger partial charge in [0.2, 0.25) is 5.91 Å². The first-order valence-corrected chi connectivity index (χ1v) is 10.1. The van der Waals surface area contributed by atoms with Crippen LogP contribution in [0.1, 0.15) is 30.5 Å². The Morgan fingerprint density at radius 1 is 1.22 bits per heavy atom. The number of nitro groups is 1. The first kappa shape index (κ1) is 20.3. The van der Waals surface area contributed by atoms with E-state index in [2.05, 4.69) is 5.32 Å². The second-order valence-corrected chi connectivity index (χ2v) is 8.01. The van der Waals surface area contributed by atoms with Gasteiger partial charge in [0.1, 0.15) is 0 Å². The van der Waals surface area contributed by atoms with Crippen LogP contribution in [0, 0.1) is 10.1 Å². The van der Waals surface area contributed by atoms with Gasteiger partial charge in [-0.15, -0.1) is 0 Å². The van der Waals surface area contributed by atoms with E-state index < -0.39 is 14.8 Å². The van der Waals surface area contributed by atoms with E-state index in [0.717, 1.165) is 11.8 Å². The van der Waals surface area contributed by atoms with Crippen LogP contribution in [0.25, 0.3) is 6.08 Å². The fourth-order valence-corrected chi connectivity index (χ4v) is 3.13. The number of sulfone groups is 1. The molecule has 7 nitrogen and oxygen atoms in total. The molecule has 0 aliphatic carbocycles. The zero-order chi connectivity index (χ0) is 20.0. The van der Waals surface area contributed by atoms with Crippen LogP contribution < -0.4 is 5.32 Å². The third kappa shape index (κ3) is 5.75. The van der Waals surface area contributed by atoms with Crippen LogP contribution in [0.2, 0.25) is 0 Å². The van der Waals surface area contributed by atoms with Crippen molar-refractivity contribution in [3.63, 3.8) is 0 Å². The monoisotopic (exact) mass is 388 g/mol. The van der Waals surface area contributed by atoms with Crippen molar-refractivity contribution in [2.45, 2.75) is 24.3 Å². The minimum atomic E-state index is -3.27. The highest BCUT2D eigenvalue weighted by molar-refractivity contribution is 7.90. The van der Waals surface area contributed by atoms with Crippen molar-refractivity contribution in [2.75, 3.05) is 6.26 Å². The van der Waals surface area contributed by atoms with Gasteiger partial charge in [0.05, 0.1) is 15.9 Å². The Labute approximate surface area is 157 Å². The van der Waals surface area contributed by atoms with E-state index >= 15 is 0 Å². The predicted molar refractivity (Wildman–Crippen MR) is 103 cm³/mol. The molecule has 1 amide bonds. The Morgan fingerprint density at radius 3 is 2.44 bits per heavy atom. The van der Waals surface area contributed by atoms with E-state index in [1.807, 2.05) is 6.92 Å². The number of nitro benzene ring substituents is 1. The molecule has 0 radical (unpaired) electrons. The average Bonchev–Trinajstić information content (AvgIpc) is 2.64. The fraction of sp³-hybridized carbons (Fsp3) is 0.211. The summed E-state index contributed by atoms with van der Waals surface area (Å²) in [4.78, 5) is 22.7. The van der Waals surface area contributed by atoms with Crippen molar-refractivity contribution in [1.29, 1.82) is 0 Å². The lowest BCUT2D eigenvalue weighted by atomic mass is 10.0. The molecule has 0 fully saturated rings. The summed E-state index contributed by atoms with van der Waals surface area (Å²) in [7, 11) is -3.27. The maximum Gasteiger partial charge on any atom is 0.270 e. The number of benzene rings is 2. The molecule has 0 bridgehead atoms. The van der Waals surface area contributed by atoms with E-state index in [1.165, 1.54) is 36.4 Å². The van der Waals surface area contributed by atoms with Gasteiger partial charge < -0.3 is 5.32 Å². The molecule has 0 aliphatic heterocycles. The van der Waals surface area contributed by atoms with Crippen molar-refractivity contribution in [1.82, 2.24) is 5.32 Å². The van der Waals surface area contributed by atoms with Gasteiger partial charge in [0.15, 0.2) is 9.84 Å². The van der Waals surface area contributed by atoms with Gasteiger partial charge in [-0.1, -0.05) is 31.2 Å². The summed E-state index contributed by atoms with van der Waals surface area (Å²) in [5.74, 6) is -0.347. The van der Waals surface area contributed by atoms with Crippen LogP contribution in [0.15, 0.2) is 59.5 Å². The molecule has 1 N–H and O–H groups in total. The molecule has 142 valence electrons. The van der Waals surface area contributed by atoms with Gasteiger partial charge in [-0.05, 0) is 35.8 Å². The molecule has 0 saturated heterocycles. The molecule has 0 aromatic heterocycles. The third-order valence-electron chi connectivity index (χ3n) is 3.94. The van der Waals surface area contributed by atoms with Crippen LogP contribution >= 0.6 is 0 Å². The molecule has 1 atom stereocenters. The van der Waals surface area contributed by atoms with Gasteiger partial charge >= 0.3 is 0 Å². The number of carbonyl (C=O) groups is 1. The summed E-state index contributed by atoms with van der Waals surface area (Å²) in [6, 6.07) is 12.1. The highest BCUT2D eigenvalue weighted by atomic mass is 32.2. The molecule has 2 aromatic rings. The lowest BCUT2D eigenvalue weighted by molar-refractivity contribution is -0.384. The normalized spacial score (nSPS) is 12.7. The van der Waals surface area contributed by atoms with Crippen molar-refractivity contribution < 1.29 is 18.1 Å². The van der Waals surface area contributed by atoms with Crippen molar-refractivity contribution >= 4 is 27.5 Å². The number of rotatable bonds is 7. The van der Waals surface area contributed by atoms with E-state index in [-0.39, 0.29) is 22.5 Å². The number of amides is 1. The molecule has 2 rings (SSSR count). The summed E-state index contributed by atoms with van der Waals surface area (Å²) >= 11 is 0. The molecule has 2 aromatic carbocycles. The first-order chi connectivity index (χ1) is 12.7. The zero-order valence-electron chi connectivity index (χ0n) is 15.0. The van der Waals surface area contributed by atoms with E-state index in [0.29, 0.717) is 12.0 Å². The molecule has 27 heavy (non-hydrogen) atoms. The molecule has 8 heteroatoms. The summed E-state index contributed by atoms with van der Waals surface area (Å²) < 4.78 is 23.1. The second-order valence-electron chi connectivity index (χ2n) is 6.00. The summed E-state index contributed by atoms with van der Waals surface area (Å²) in [5.41, 5.74) is 1.29. The zero-order valence-corrected chi connectivity index (χ0v) is 15.8. The molecule has 0 aliphatic rings. The number of nitrogens with zero attached hydrogens (tertiary/aromatic N) is 1. The topological polar surface area (TPSA) is 106 Å². The van der Waals surface area contributed by atoms with Crippen molar-refractivity contribution in [3.05, 3.63) is 75.8 Å². The molecular formula is C19H20N2O5S. The highest BCUT2D eigenvalue weighted by Gasteiger charge is 2.13. The molecular weight excluding hydrogens is 368 g/mol. The first-order valence-electron chi connectivity index (χ1n) is 8.23. The lowest BCUT2D eigenvalue weighted by Gasteiger charge is -2.16. The molecule has 0 spiro atoms. The standard InChI is InChI=1S/C19H20N2O5S/c1-3-18(15-8-10-17(11-9-15)27(2,25)26)20-19(22)12-7-14-5-4-6-16(13-14)21(23)24/h4-13,18H,3H2,1-2H3,(H,20,22)/b12-7+. The van der Waals surface area contributed by atoms with E-state index in [4.69, 9.17) is 0 Å². The van der Waals surface area contributed by atoms with Gasteiger partial charge in [-0.25, -0.2) is 8.42 Å². The number of carbonyl (C=O) groups excluding carboxylic acids is 1. The number of hydrogen-bond donors (Lipinski definition) is 1. The Balaban J connectivity index is 2.08. The summed E-state index contributed by atoms with van der Waals surface area (Å²) in [6.07, 6.45) is 4.57. The number of hydrogen-bond acceptors (Lipinski definition) is 5. The average molecular weight is 388 g/mol. The van der Waals surface area contributed by atoms with Crippen molar-refractivity contribution in [3.8, 4) is 0 Å². The highest BCUT2D eigenvalue weighted by Crippen LogP contribution is 2.19. The fourth-order valence-electron chi connectivity index (χ4n) is 2.50. The largest absolute Gasteiger partial charge is 0.346 e. The van der Waals surface area contributed by atoms with Gasteiger partial charge in [-0.3, -0.25) is 14.9 Å². The predicted octanol–water partition coefficient (Wildman–Crippen LogP) is 3.28. The lowest BCUT2D eigenvalue weighted by Crippen LogP contribution is -2.26. The maximum atomic E-state index is 12.2. The maximum absolute atomic E-state index is 12.2. The number of nitrogens with one attached hydrogen (secondary N) is 1. The van der Waals surface area contributed by atoms with Crippen LogP contribution in [-0.4, -0.2) is 25.5 Å². The minimum absolute atomic E-state index is 0.0463. The van der Waals surface area contributed by atoms with Gasteiger partial charge in [0.25, 0.3) is 5.69 Å². The van der Waals surface area contributed by atoms with Crippen LogP contribution in [-0.2, 0) is 14.6 Å². The van der Waals surface area contributed by atoms with Gasteiger partial charge in [0, 0.05) is 24.5 Å². The number of non-ortho nitro benzene ring substituents is 1. The second kappa shape index (κ2) is 8.59. The smallest absolute Gasteiger partial charge is 0.270 e. The van der Waals surface area contributed by atoms with Gasteiger partial charge in [-0.2, -0.15) is 0 Å². The Morgan fingerprint density at radius 2 is 1.89 bits per heavy atom. The van der Waals surface area contributed by atoms with E-state index in [1.54, 1.807) is 24.3 Å². The molecule has 1 unspecified atom stereocenters. The third-order valence-corrected chi connectivity index (χ3v) is 5.07. The van der Waals surface area contributed by atoms with E-state index in [9.17, 15) is 23.3 Å².